The Morgan fingerprint density at radius 2 is 1.86 bits per heavy atom. The van der Waals surface area contributed by atoms with Crippen LogP contribution in [-0.4, -0.2) is 66.5 Å². The third-order valence-electron chi connectivity index (χ3n) is 7.76. The smallest absolute Gasteiger partial charge is 0.251 e. The maximum Gasteiger partial charge on any atom is 0.251 e. The third-order valence-corrected chi connectivity index (χ3v) is 8.00. The van der Waals surface area contributed by atoms with Crippen LogP contribution in [-0.2, 0) is 24.4 Å². The van der Waals surface area contributed by atoms with E-state index in [9.17, 15) is 13.2 Å². The fraction of sp³-hybridized carbons (Fsp3) is 0.393. The summed E-state index contributed by atoms with van der Waals surface area (Å²) in [6, 6.07) is 6.45. The summed E-state index contributed by atoms with van der Waals surface area (Å²) in [7, 11) is 0. The van der Waals surface area contributed by atoms with Crippen molar-refractivity contribution in [1.82, 2.24) is 29.6 Å². The average molecular weight is 617 g/mol. The number of aromatic nitrogens is 5. The highest BCUT2D eigenvalue weighted by Gasteiger charge is 2.28. The molecule has 11 nitrogen and oxygen atoms in total. The summed E-state index contributed by atoms with van der Waals surface area (Å²) in [6.07, 6.45) is 2.12. The van der Waals surface area contributed by atoms with Crippen LogP contribution in [0.3, 0.4) is 0 Å². The van der Waals surface area contributed by atoms with Gasteiger partial charge in [-0.3, -0.25) is 4.90 Å². The van der Waals surface area contributed by atoms with E-state index in [0.717, 1.165) is 24.4 Å². The first-order chi connectivity index (χ1) is 20.8. The van der Waals surface area contributed by atoms with Crippen molar-refractivity contribution >= 4 is 28.6 Å². The van der Waals surface area contributed by atoms with Gasteiger partial charge >= 0.3 is 0 Å². The second kappa shape index (κ2) is 12.3. The Balaban J connectivity index is 1.15. The second-order valence-electron chi connectivity index (χ2n) is 10.6. The van der Waals surface area contributed by atoms with Crippen molar-refractivity contribution in [3.05, 3.63) is 75.6 Å². The zero-order valence-electron chi connectivity index (χ0n) is 22.9. The van der Waals surface area contributed by atoms with Crippen LogP contribution in [0.2, 0.25) is 5.02 Å². The van der Waals surface area contributed by atoms with E-state index in [1.807, 2.05) is 4.57 Å². The van der Waals surface area contributed by atoms with Crippen molar-refractivity contribution in [1.29, 1.82) is 0 Å². The maximum absolute atomic E-state index is 14.9. The lowest BCUT2D eigenvalue weighted by atomic mass is 9.92. The van der Waals surface area contributed by atoms with E-state index < -0.39 is 17.5 Å². The zero-order valence-corrected chi connectivity index (χ0v) is 23.6. The van der Waals surface area contributed by atoms with E-state index in [0.29, 0.717) is 56.8 Å². The van der Waals surface area contributed by atoms with Gasteiger partial charge in [-0.15, -0.1) is 10.2 Å². The Morgan fingerprint density at radius 1 is 1.07 bits per heavy atom. The highest BCUT2D eigenvalue weighted by atomic mass is 35.5. The fourth-order valence-electron chi connectivity index (χ4n) is 5.29. The number of halogens is 4. The Morgan fingerprint density at radius 3 is 2.56 bits per heavy atom. The summed E-state index contributed by atoms with van der Waals surface area (Å²) in [5.41, 5.74) is 7.32. The molecule has 0 bridgehead atoms. The van der Waals surface area contributed by atoms with Gasteiger partial charge in [0, 0.05) is 29.2 Å². The number of benzene rings is 1. The summed E-state index contributed by atoms with van der Waals surface area (Å²) in [5, 5.41) is 20.6. The monoisotopic (exact) mass is 616 g/mol. The average Bonchev–Trinajstić information content (AvgIpc) is 3.31. The van der Waals surface area contributed by atoms with E-state index >= 15 is 0 Å². The molecule has 2 saturated heterocycles. The van der Waals surface area contributed by atoms with Gasteiger partial charge in [0.25, 0.3) is 5.88 Å². The molecule has 226 valence electrons. The molecule has 3 N–H and O–H groups in total. The predicted octanol–water partition coefficient (Wildman–Crippen LogP) is 4.13. The van der Waals surface area contributed by atoms with Crippen LogP contribution in [0, 0.1) is 17.5 Å². The van der Waals surface area contributed by atoms with Crippen LogP contribution in [0.5, 0.6) is 5.88 Å². The third kappa shape index (κ3) is 6.21. The number of oxime groups is 1. The fourth-order valence-corrected chi connectivity index (χ4v) is 5.45. The van der Waals surface area contributed by atoms with Crippen LogP contribution in [0.4, 0.5) is 13.2 Å². The number of hydrogen-bond acceptors (Lipinski definition) is 9. The van der Waals surface area contributed by atoms with Gasteiger partial charge in [-0.2, -0.15) is 0 Å². The van der Waals surface area contributed by atoms with E-state index in [2.05, 4.69) is 25.2 Å². The summed E-state index contributed by atoms with van der Waals surface area (Å²) in [6.45, 7) is 2.70. The molecule has 0 radical (unpaired) electrons. The van der Waals surface area contributed by atoms with Crippen LogP contribution >= 0.6 is 11.6 Å². The van der Waals surface area contributed by atoms with Gasteiger partial charge in [-0.1, -0.05) is 22.8 Å². The van der Waals surface area contributed by atoms with Crippen LogP contribution in [0.1, 0.15) is 48.0 Å². The van der Waals surface area contributed by atoms with Crippen molar-refractivity contribution < 1.29 is 27.9 Å². The number of hydrogen-bond donors (Lipinski definition) is 2. The van der Waals surface area contributed by atoms with E-state index in [4.69, 9.17) is 37.0 Å². The van der Waals surface area contributed by atoms with Gasteiger partial charge in [-0.25, -0.2) is 23.1 Å². The molecule has 5 heterocycles. The summed E-state index contributed by atoms with van der Waals surface area (Å²) in [4.78, 5) is 11.1. The Labute approximate surface area is 249 Å². The van der Waals surface area contributed by atoms with E-state index in [-0.39, 0.29) is 52.3 Å². The number of piperidine rings is 1. The molecule has 15 heteroatoms. The summed E-state index contributed by atoms with van der Waals surface area (Å²) < 4.78 is 56.5. The molecule has 0 spiro atoms. The molecule has 4 aromatic rings. The van der Waals surface area contributed by atoms with Gasteiger partial charge in [0.05, 0.1) is 24.9 Å². The first-order valence-electron chi connectivity index (χ1n) is 13.8. The number of imidazole rings is 1. The molecule has 1 aromatic carbocycles. The van der Waals surface area contributed by atoms with Gasteiger partial charge in [0.1, 0.15) is 35.3 Å². The van der Waals surface area contributed by atoms with Crippen LogP contribution in [0.15, 0.2) is 35.5 Å². The highest BCUT2D eigenvalue weighted by Crippen LogP contribution is 2.32. The van der Waals surface area contributed by atoms with Crippen molar-refractivity contribution in [3.8, 4) is 5.88 Å². The molecule has 3 aromatic heterocycles. The Hall–Kier alpha value is -4.01. The van der Waals surface area contributed by atoms with Crippen molar-refractivity contribution in [2.45, 2.75) is 51.0 Å². The zero-order chi connectivity index (χ0) is 30.1. The minimum atomic E-state index is -0.958. The molecule has 0 amide bonds. The van der Waals surface area contributed by atoms with Crippen molar-refractivity contribution in [3.63, 3.8) is 0 Å². The van der Waals surface area contributed by atoms with E-state index in [1.54, 1.807) is 6.07 Å². The van der Waals surface area contributed by atoms with Crippen molar-refractivity contribution in [2.75, 3.05) is 19.7 Å². The van der Waals surface area contributed by atoms with Gasteiger partial charge in [-0.05, 0) is 50.6 Å². The largest absolute Gasteiger partial charge is 0.471 e. The summed E-state index contributed by atoms with van der Waals surface area (Å²) >= 11 is 5.79. The summed E-state index contributed by atoms with van der Waals surface area (Å²) in [5.74, 6) is -2.35. The molecule has 1 atom stereocenters. The molecule has 2 aliphatic rings. The molecule has 43 heavy (non-hydrogen) atoms. The maximum atomic E-state index is 14.9. The minimum Gasteiger partial charge on any atom is -0.471 e. The normalized spacial score (nSPS) is 18.2. The van der Waals surface area contributed by atoms with Crippen LogP contribution in [0.25, 0.3) is 11.2 Å². The van der Waals surface area contributed by atoms with Crippen molar-refractivity contribution in [2.24, 2.45) is 10.9 Å². The Kier molecular flexibility index (Phi) is 8.32. The topological polar surface area (TPSA) is 137 Å². The van der Waals surface area contributed by atoms with Gasteiger partial charge < -0.3 is 25.0 Å². The number of fused-ring (bicyclic) bond motifs is 1. The number of pyridine rings is 1. The predicted molar refractivity (Wildman–Crippen MR) is 149 cm³/mol. The number of rotatable bonds is 9. The number of nitrogens with zero attached hydrogens (tertiary/aromatic N) is 7. The van der Waals surface area contributed by atoms with E-state index in [1.165, 1.54) is 12.1 Å². The van der Waals surface area contributed by atoms with Gasteiger partial charge in [0.15, 0.2) is 17.3 Å². The molecule has 0 saturated carbocycles. The Bertz CT molecular complexity index is 1680. The molecule has 0 aliphatic carbocycles. The van der Waals surface area contributed by atoms with Gasteiger partial charge in [0.2, 0.25) is 0 Å². The van der Waals surface area contributed by atoms with Crippen LogP contribution < -0.4 is 10.5 Å². The molecular formula is C28H28ClF3N8O3. The standard InChI is InChI=1S/C28H28ClF3N8O3/c29-17-2-1-16(19(30)9-17)14-43-28-21(32)10-20(31)25(35-28)15-3-6-39(7-4-15)13-24-34-23-11-22(26(33)38-41)36-37-27(23)40(24)12-18-5-8-42-18/h1-2,9-11,15,18,41H,3-8,12-14H2,(H2,33,38)/t18-/m0/s1. The molecule has 2 fully saturated rings. The lowest BCUT2D eigenvalue weighted by Crippen LogP contribution is -2.35. The molecular weight excluding hydrogens is 589 g/mol. The second-order valence-corrected chi connectivity index (χ2v) is 11.0. The molecule has 6 rings (SSSR count). The number of amidine groups is 1. The minimum absolute atomic E-state index is 0.0487. The number of nitrogens with two attached hydrogens (primary N) is 1. The first-order valence-corrected chi connectivity index (χ1v) is 14.1. The lowest BCUT2D eigenvalue weighted by Gasteiger charge is -2.32. The first kappa shape index (κ1) is 29.1. The number of likely N-dealkylation sites (tertiary alicyclic amines) is 1. The molecule has 2 aliphatic heterocycles. The highest BCUT2D eigenvalue weighted by molar-refractivity contribution is 6.30. The SMILES string of the molecule is NC(=NO)c1cc2nc(CN3CCC(c4nc(OCc5ccc(Cl)cc5F)c(F)cc4F)CC3)n(C[C@@H]3CCO3)c2nn1. The quantitative estimate of drug-likeness (QED) is 0.123. The molecule has 0 unspecified atom stereocenters. The number of ether oxygens (including phenoxy) is 2. The lowest BCUT2D eigenvalue weighted by molar-refractivity contribution is -0.0593.